The summed E-state index contributed by atoms with van der Waals surface area (Å²) < 4.78 is 4.98. The molecular weight excluding hydrogens is 230 g/mol. The minimum Gasteiger partial charge on any atom is -0.360 e. The third-order valence-electron chi connectivity index (χ3n) is 2.14. The molecule has 2 aromatic rings. The predicted octanol–water partition coefficient (Wildman–Crippen LogP) is 2.42. The van der Waals surface area contributed by atoms with Crippen LogP contribution < -0.4 is 10.6 Å². The van der Waals surface area contributed by atoms with Crippen LogP contribution in [0.15, 0.2) is 29.3 Å². The zero-order chi connectivity index (χ0) is 13.0. The summed E-state index contributed by atoms with van der Waals surface area (Å²) in [6.45, 7) is 7.99. The number of aromatic nitrogens is 3. The summed E-state index contributed by atoms with van der Waals surface area (Å²) in [6.07, 6.45) is 1.75. The molecule has 0 unspecified atom stereocenters. The van der Waals surface area contributed by atoms with Gasteiger partial charge in [0.2, 0.25) is 5.95 Å². The fraction of sp³-hybridized carbons (Fsp3) is 0.250. The molecule has 0 amide bonds. The minimum absolute atomic E-state index is 0.553. The zero-order valence-corrected chi connectivity index (χ0v) is 10.4. The number of nitrogens with zero attached hydrogens (tertiary/aromatic N) is 3. The molecule has 94 valence electrons. The van der Waals surface area contributed by atoms with Gasteiger partial charge < -0.3 is 15.2 Å². The second-order valence-corrected chi connectivity index (χ2v) is 3.84. The molecule has 0 fully saturated rings. The monoisotopic (exact) mass is 245 g/mol. The van der Waals surface area contributed by atoms with Gasteiger partial charge in [-0.2, -0.15) is 4.98 Å². The van der Waals surface area contributed by atoms with E-state index < -0.39 is 0 Å². The van der Waals surface area contributed by atoms with Crippen molar-refractivity contribution in [3.05, 3.63) is 36.2 Å². The second-order valence-electron chi connectivity index (χ2n) is 3.84. The maximum absolute atomic E-state index is 4.98. The van der Waals surface area contributed by atoms with Crippen LogP contribution in [0.25, 0.3) is 0 Å². The standard InChI is InChI=1S/C12H15N5O/c1-4-5-13-12-14-8(2)6-10(16-12)15-11-7-9(3)18-17-11/h4,6-7H,1,5H2,2-3H3,(H2,13,14,15,16,17). The van der Waals surface area contributed by atoms with Crippen LogP contribution in [0.3, 0.4) is 0 Å². The van der Waals surface area contributed by atoms with E-state index in [9.17, 15) is 0 Å². The van der Waals surface area contributed by atoms with Gasteiger partial charge in [-0.05, 0) is 13.8 Å². The van der Waals surface area contributed by atoms with Gasteiger partial charge in [0.1, 0.15) is 11.6 Å². The van der Waals surface area contributed by atoms with E-state index in [1.807, 2.05) is 19.9 Å². The summed E-state index contributed by atoms with van der Waals surface area (Å²) in [7, 11) is 0. The van der Waals surface area contributed by atoms with E-state index >= 15 is 0 Å². The Balaban J connectivity index is 2.16. The highest BCUT2D eigenvalue weighted by atomic mass is 16.5. The molecular formula is C12H15N5O. The highest BCUT2D eigenvalue weighted by molar-refractivity contribution is 5.53. The molecule has 0 aromatic carbocycles. The fourth-order valence-corrected chi connectivity index (χ4v) is 1.43. The van der Waals surface area contributed by atoms with Crippen LogP contribution in [0.4, 0.5) is 17.6 Å². The van der Waals surface area contributed by atoms with E-state index in [-0.39, 0.29) is 0 Å². The largest absolute Gasteiger partial charge is 0.360 e. The summed E-state index contributed by atoms with van der Waals surface area (Å²) in [6, 6.07) is 3.64. The Morgan fingerprint density at radius 2 is 2.11 bits per heavy atom. The fourth-order valence-electron chi connectivity index (χ4n) is 1.43. The average molecular weight is 245 g/mol. The molecule has 0 aliphatic rings. The molecule has 0 atom stereocenters. The van der Waals surface area contributed by atoms with E-state index in [1.54, 1.807) is 12.1 Å². The van der Waals surface area contributed by atoms with Gasteiger partial charge >= 0.3 is 0 Å². The molecule has 6 heteroatoms. The molecule has 0 saturated heterocycles. The Kier molecular flexibility index (Phi) is 3.57. The molecule has 2 rings (SSSR count). The molecule has 2 N–H and O–H groups in total. The summed E-state index contributed by atoms with van der Waals surface area (Å²) in [5, 5.41) is 9.95. The van der Waals surface area contributed by atoms with Crippen molar-refractivity contribution >= 4 is 17.6 Å². The van der Waals surface area contributed by atoms with Crippen LogP contribution >= 0.6 is 0 Å². The van der Waals surface area contributed by atoms with Crippen molar-refractivity contribution in [2.24, 2.45) is 0 Å². The van der Waals surface area contributed by atoms with Crippen LogP contribution in [0, 0.1) is 13.8 Å². The van der Waals surface area contributed by atoms with E-state index in [0.717, 1.165) is 11.5 Å². The first-order chi connectivity index (χ1) is 8.67. The first-order valence-corrected chi connectivity index (χ1v) is 5.58. The number of nitrogens with one attached hydrogen (secondary N) is 2. The third-order valence-corrected chi connectivity index (χ3v) is 2.14. The minimum atomic E-state index is 0.553. The zero-order valence-electron chi connectivity index (χ0n) is 10.4. The topological polar surface area (TPSA) is 75.9 Å². The average Bonchev–Trinajstić information content (AvgIpc) is 2.71. The van der Waals surface area contributed by atoms with Crippen molar-refractivity contribution < 1.29 is 4.52 Å². The first-order valence-electron chi connectivity index (χ1n) is 5.58. The van der Waals surface area contributed by atoms with Crippen molar-refractivity contribution in [3.63, 3.8) is 0 Å². The van der Waals surface area contributed by atoms with Gasteiger partial charge in [-0.15, -0.1) is 6.58 Å². The summed E-state index contributed by atoms with van der Waals surface area (Å²) in [5.41, 5.74) is 0.860. The molecule has 18 heavy (non-hydrogen) atoms. The van der Waals surface area contributed by atoms with Gasteiger partial charge in [-0.1, -0.05) is 11.2 Å². The lowest BCUT2D eigenvalue weighted by Gasteiger charge is -2.06. The van der Waals surface area contributed by atoms with E-state index in [0.29, 0.717) is 24.1 Å². The van der Waals surface area contributed by atoms with Gasteiger partial charge in [0.25, 0.3) is 0 Å². The Labute approximate surface area is 105 Å². The lowest BCUT2D eigenvalue weighted by atomic mass is 10.4. The smallest absolute Gasteiger partial charge is 0.225 e. The number of hydrogen-bond donors (Lipinski definition) is 2. The van der Waals surface area contributed by atoms with Crippen LogP contribution in [0.2, 0.25) is 0 Å². The Morgan fingerprint density at radius 3 is 2.78 bits per heavy atom. The van der Waals surface area contributed by atoms with E-state index in [2.05, 4.69) is 32.3 Å². The summed E-state index contributed by atoms with van der Waals surface area (Å²) in [5.74, 6) is 2.59. The molecule has 0 saturated carbocycles. The molecule has 6 nitrogen and oxygen atoms in total. The van der Waals surface area contributed by atoms with Gasteiger partial charge in [0, 0.05) is 24.4 Å². The van der Waals surface area contributed by atoms with Crippen LogP contribution in [0.1, 0.15) is 11.5 Å². The Bertz CT molecular complexity index is 549. The number of rotatable bonds is 5. The molecule has 0 bridgehead atoms. The highest BCUT2D eigenvalue weighted by Gasteiger charge is 2.04. The molecule has 0 radical (unpaired) electrons. The predicted molar refractivity (Wildman–Crippen MR) is 70.0 cm³/mol. The van der Waals surface area contributed by atoms with Gasteiger partial charge in [0.15, 0.2) is 5.82 Å². The number of anilines is 3. The summed E-state index contributed by atoms with van der Waals surface area (Å²) >= 11 is 0. The van der Waals surface area contributed by atoms with E-state index in [4.69, 9.17) is 4.52 Å². The normalized spacial score (nSPS) is 10.1. The SMILES string of the molecule is C=CCNc1nc(C)cc(Nc2cc(C)on2)n1. The molecule has 0 aliphatic heterocycles. The molecule has 0 aliphatic carbocycles. The van der Waals surface area contributed by atoms with Crippen molar-refractivity contribution in [3.8, 4) is 0 Å². The van der Waals surface area contributed by atoms with Crippen molar-refractivity contribution in [2.75, 3.05) is 17.2 Å². The molecule has 0 spiro atoms. The lowest BCUT2D eigenvalue weighted by Crippen LogP contribution is -2.05. The summed E-state index contributed by atoms with van der Waals surface area (Å²) in [4.78, 5) is 8.58. The maximum atomic E-state index is 4.98. The molecule has 2 aromatic heterocycles. The van der Waals surface area contributed by atoms with Gasteiger partial charge in [-0.3, -0.25) is 0 Å². The maximum Gasteiger partial charge on any atom is 0.225 e. The highest BCUT2D eigenvalue weighted by Crippen LogP contribution is 2.16. The number of aryl methyl sites for hydroxylation is 2. The number of hydrogen-bond acceptors (Lipinski definition) is 6. The van der Waals surface area contributed by atoms with E-state index in [1.165, 1.54) is 0 Å². The van der Waals surface area contributed by atoms with Crippen molar-refractivity contribution in [2.45, 2.75) is 13.8 Å². The van der Waals surface area contributed by atoms with Crippen LogP contribution in [0.5, 0.6) is 0 Å². The van der Waals surface area contributed by atoms with Crippen molar-refractivity contribution in [1.29, 1.82) is 0 Å². The lowest BCUT2D eigenvalue weighted by molar-refractivity contribution is 0.400. The quantitative estimate of drug-likeness (QED) is 0.788. The Morgan fingerprint density at radius 1 is 1.28 bits per heavy atom. The second kappa shape index (κ2) is 5.31. The Hall–Kier alpha value is -2.37. The van der Waals surface area contributed by atoms with Crippen LogP contribution in [-0.2, 0) is 0 Å². The van der Waals surface area contributed by atoms with Gasteiger partial charge in [-0.25, -0.2) is 4.98 Å². The third kappa shape index (κ3) is 3.07. The van der Waals surface area contributed by atoms with Crippen molar-refractivity contribution in [1.82, 2.24) is 15.1 Å². The molecule has 2 heterocycles. The van der Waals surface area contributed by atoms with Gasteiger partial charge in [0.05, 0.1) is 0 Å². The first kappa shape index (κ1) is 12.1. The van der Waals surface area contributed by atoms with Crippen LogP contribution in [-0.4, -0.2) is 21.7 Å².